The molecule has 2 heteroatoms. The molecule has 0 radical (unpaired) electrons. The zero-order valence-corrected chi connectivity index (χ0v) is 9.60. The largest absolute Gasteiger partial charge is 0.493 e. The van der Waals surface area contributed by atoms with Gasteiger partial charge in [-0.1, -0.05) is 36.4 Å². The van der Waals surface area contributed by atoms with Gasteiger partial charge in [0.25, 0.3) is 0 Å². The van der Waals surface area contributed by atoms with Crippen LogP contribution in [0.25, 0.3) is 11.1 Å². The van der Waals surface area contributed by atoms with E-state index in [0.29, 0.717) is 0 Å². The van der Waals surface area contributed by atoms with Crippen LogP contribution in [0.15, 0.2) is 48.5 Å². The second-order valence-corrected chi connectivity index (χ2v) is 4.36. The van der Waals surface area contributed by atoms with Crippen molar-refractivity contribution in [2.75, 3.05) is 6.61 Å². The molecule has 1 aliphatic heterocycles. The highest BCUT2D eigenvalue weighted by Gasteiger charge is 2.18. The molecule has 0 unspecified atom stereocenters. The molecule has 3 rings (SSSR count). The van der Waals surface area contributed by atoms with E-state index in [0.717, 1.165) is 24.3 Å². The zero-order chi connectivity index (χ0) is 11.7. The van der Waals surface area contributed by atoms with E-state index in [-0.39, 0.29) is 6.04 Å². The van der Waals surface area contributed by atoms with Crippen LogP contribution in [0.2, 0.25) is 0 Å². The third kappa shape index (κ3) is 1.92. The number of rotatable bonds is 1. The fourth-order valence-electron chi connectivity index (χ4n) is 2.23. The Morgan fingerprint density at radius 2 is 1.82 bits per heavy atom. The molecule has 1 aliphatic rings. The van der Waals surface area contributed by atoms with Crippen molar-refractivity contribution >= 4 is 0 Å². The van der Waals surface area contributed by atoms with Gasteiger partial charge in [-0.05, 0) is 23.3 Å². The molecule has 0 aliphatic carbocycles. The second-order valence-electron chi connectivity index (χ2n) is 4.36. The fourth-order valence-corrected chi connectivity index (χ4v) is 2.23. The van der Waals surface area contributed by atoms with Crippen LogP contribution in [0, 0.1) is 0 Å². The molecule has 0 amide bonds. The van der Waals surface area contributed by atoms with Crippen molar-refractivity contribution in [3.8, 4) is 16.9 Å². The second kappa shape index (κ2) is 4.22. The number of hydrogen-bond acceptors (Lipinski definition) is 2. The lowest BCUT2D eigenvalue weighted by Crippen LogP contribution is -2.20. The number of hydrogen-bond donors (Lipinski definition) is 1. The molecular weight excluding hydrogens is 210 g/mol. The van der Waals surface area contributed by atoms with Gasteiger partial charge in [-0.2, -0.15) is 0 Å². The molecule has 0 spiro atoms. The standard InChI is InChI=1S/C15H15NO/c16-14-8-9-17-15-7-6-12(10-13(14)15)11-4-2-1-3-5-11/h1-7,10,14H,8-9,16H2/t14-/m0/s1. The van der Waals surface area contributed by atoms with Crippen LogP contribution in [-0.4, -0.2) is 6.61 Å². The molecule has 2 nitrogen and oxygen atoms in total. The van der Waals surface area contributed by atoms with E-state index < -0.39 is 0 Å². The summed E-state index contributed by atoms with van der Waals surface area (Å²) in [6, 6.07) is 16.7. The van der Waals surface area contributed by atoms with Crippen molar-refractivity contribution in [1.29, 1.82) is 0 Å². The van der Waals surface area contributed by atoms with Gasteiger partial charge in [0.1, 0.15) is 5.75 Å². The third-order valence-electron chi connectivity index (χ3n) is 3.20. The summed E-state index contributed by atoms with van der Waals surface area (Å²) >= 11 is 0. The lowest BCUT2D eigenvalue weighted by molar-refractivity contribution is 0.269. The predicted octanol–water partition coefficient (Wildman–Crippen LogP) is 3.14. The molecule has 0 saturated heterocycles. The number of ether oxygens (including phenoxy) is 1. The van der Waals surface area contributed by atoms with Crippen molar-refractivity contribution in [3.05, 3.63) is 54.1 Å². The number of fused-ring (bicyclic) bond motifs is 1. The van der Waals surface area contributed by atoms with Crippen LogP contribution in [0.5, 0.6) is 5.75 Å². The minimum absolute atomic E-state index is 0.0995. The molecule has 0 bridgehead atoms. The van der Waals surface area contributed by atoms with Gasteiger partial charge in [0, 0.05) is 18.0 Å². The summed E-state index contributed by atoms with van der Waals surface area (Å²) in [7, 11) is 0. The maximum absolute atomic E-state index is 6.11. The minimum Gasteiger partial charge on any atom is -0.493 e. The van der Waals surface area contributed by atoms with Crippen LogP contribution in [0.3, 0.4) is 0 Å². The Morgan fingerprint density at radius 1 is 1.00 bits per heavy atom. The first kappa shape index (κ1) is 10.4. The average molecular weight is 225 g/mol. The third-order valence-corrected chi connectivity index (χ3v) is 3.20. The SMILES string of the molecule is N[C@H]1CCOc2ccc(-c3ccccc3)cc21. The molecule has 0 saturated carbocycles. The molecular formula is C15H15NO. The number of nitrogens with two attached hydrogens (primary N) is 1. The Balaban J connectivity index is 2.06. The van der Waals surface area contributed by atoms with Gasteiger partial charge in [0.05, 0.1) is 6.61 Å². The van der Waals surface area contributed by atoms with E-state index in [1.807, 2.05) is 24.3 Å². The molecule has 1 heterocycles. The predicted molar refractivity (Wildman–Crippen MR) is 68.9 cm³/mol. The highest BCUT2D eigenvalue weighted by Crippen LogP contribution is 2.34. The highest BCUT2D eigenvalue weighted by molar-refractivity contribution is 5.66. The fraction of sp³-hybridized carbons (Fsp3) is 0.200. The monoisotopic (exact) mass is 225 g/mol. The van der Waals surface area contributed by atoms with Gasteiger partial charge in [-0.15, -0.1) is 0 Å². The molecule has 2 aromatic carbocycles. The molecule has 2 N–H and O–H groups in total. The lowest BCUT2D eigenvalue weighted by Gasteiger charge is -2.23. The topological polar surface area (TPSA) is 35.2 Å². The molecule has 17 heavy (non-hydrogen) atoms. The lowest BCUT2D eigenvalue weighted by atomic mass is 9.96. The number of benzene rings is 2. The first-order chi connectivity index (χ1) is 8.34. The Kier molecular flexibility index (Phi) is 2.57. The highest BCUT2D eigenvalue weighted by atomic mass is 16.5. The molecule has 2 aromatic rings. The van der Waals surface area contributed by atoms with Crippen molar-refractivity contribution in [3.63, 3.8) is 0 Å². The summed E-state index contributed by atoms with van der Waals surface area (Å²) in [5.41, 5.74) is 9.65. The van der Waals surface area contributed by atoms with E-state index in [9.17, 15) is 0 Å². The van der Waals surface area contributed by atoms with Crippen molar-refractivity contribution in [2.45, 2.75) is 12.5 Å². The summed E-state index contributed by atoms with van der Waals surface area (Å²) in [4.78, 5) is 0. The summed E-state index contributed by atoms with van der Waals surface area (Å²) < 4.78 is 5.60. The Labute approximate surface area is 101 Å². The molecule has 0 aromatic heterocycles. The van der Waals surface area contributed by atoms with Crippen molar-refractivity contribution in [2.24, 2.45) is 5.73 Å². The van der Waals surface area contributed by atoms with Gasteiger partial charge in [0.15, 0.2) is 0 Å². The normalized spacial score (nSPS) is 18.3. The van der Waals surface area contributed by atoms with Gasteiger partial charge in [-0.3, -0.25) is 0 Å². The maximum Gasteiger partial charge on any atom is 0.124 e. The van der Waals surface area contributed by atoms with Crippen LogP contribution in [0.4, 0.5) is 0 Å². The molecule has 1 atom stereocenters. The summed E-state index contributed by atoms with van der Waals surface area (Å²) in [5, 5.41) is 0. The van der Waals surface area contributed by atoms with E-state index in [2.05, 4.69) is 24.3 Å². The van der Waals surface area contributed by atoms with E-state index in [4.69, 9.17) is 10.5 Å². The van der Waals surface area contributed by atoms with Gasteiger partial charge < -0.3 is 10.5 Å². The minimum atomic E-state index is 0.0995. The Hall–Kier alpha value is -1.80. The average Bonchev–Trinajstić information content (AvgIpc) is 2.40. The first-order valence-corrected chi connectivity index (χ1v) is 5.92. The Bertz CT molecular complexity index is 522. The van der Waals surface area contributed by atoms with Gasteiger partial charge >= 0.3 is 0 Å². The van der Waals surface area contributed by atoms with Crippen LogP contribution in [-0.2, 0) is 0 Å². The first-order valence-electron chi connectivity index (χ1n) is 5.92. The van der Waals surface area contributed by atoms with Crippen LogP contribution >= 0.6 is 0 Å². The van der Waals surface area contributed by atoms with Crippen LogP contribution in [0.1, 0.15) is 18.0 Å². The zero-order valence-electron chi connectivity index (χ0n) is 9.60. The van der Waals surface area contributed by atoms with E-state index in [1.54, 1.807) is 0 Å². The Morgan fingerprint density at radius 3 is 2.65 bits per heavy atom. The molecule has 0 fully saturated rings. The summed E-state index contributed by atoms with van der Waals surface area (Å²) in [6.45, 7) is 0.721. The van der Waals surface area contributed by atoms with Gasteiger partial charge in [0.2, 0.25) is 0 Å². The van der Waals surface area contributed by atoms with E-state index in [1.165, 1.54) is 11.1 Å². The van der Waals surface area contributed by atoms with E-state index >= 15 is 0 Å². The van der Waals surface area contributed by atoms with Crippen molar-refractivity contribution < 1.29 is 4.74 Å². The van der Waals surface area contributed by atoms with Crippen molar-refractivity contribution in [1.82, 2.24) is 0 Å². The maximum atomic E-state index is 6.11. The quantitative estimate of drug-likeness (QED) is 0.809. The smallest absolute Gasteiger partial charge is 0.124 e. The van der Waals surface area contributed by atoms with Crippen LogP contribution < -0.4 is 10.5 Å². The summed E-state index contributed by atoms with van der Waals surface area (Å²) in [6.07, 6.45) is 0.894. The van der Waals surface area contributed by atoms with Gasteiger partial charge in [-0.25, -0.2) is 0 Å². The molecule has 86 valence electrons. The summed E-state index contributed by atoms with van der Waals surface area (Å²) in [5.74, 6) is 0.934.